The molecule has 0 spiro atoms. The van der Waals surface area contributed by atoms with E-state index in [0.29, 0.717) is 17.1 Å². The average Bonchev–Trinajstić information content (AvgIpc) is 2.73. The molecule has 6 heteroatoms. The monoisotopic (exact) mass is 298 g/mol. The van der Waals surface area contributed by atoms with Gasteiger partial charge in [-0.1, -0.05) is 17.7 Å². The molecule has 0 saturated carbocycles. The van der Waals surface area contributed by atoms with Crippen LogP contribution < -0.4 is 4.74 Å². The van der Waals surface area contributed by atoms with Crippen LogP contribution in [0.1, 0.15) is 23.9 Å². The van der Waals surface area contributed by atoms with Crippen LogP contribution in [0, 0.1) is 12.7 Å². The van der Waals surface area contributed by atoms with E-state index in [1.54, 1.807) is 10.7 Å². The van der Waals surface area contributed by atoms with Gasteiger partial charge in [0.15, 0.2) is 11.6 Å². The van der Waals surface area contributed by atoms with Crippen molar-refractivity contribution in [2.45, 2.75) is 33.6 Å². The summed E-state index contributed by atoms with van der Waals surface area (Å²) in [6, 6.07) is 4.36. The number of ether oxygens (including phenoxy) is 1. The van der Waals surface area contributed by atoms with Crippen LogP contribution in [0.5, 0.6) is 5.75 Å². The molecule has 108 valence electrons. The van der Waals surface area contributed by atoms with Gasteiger partial charge in [-0.2, -0.15) is 5.10 Å². The van der Waals surface area contributed by atoms with Gasteiger partial charge in [0, 0.05) is 6.54 Å². The van der Waals surface area contributed by atoms with E-state index in [4.69, 9.17) is 21.4 Å². The number of aromatic nitrogens is 2. The van der Waals surface area contributed by atoms with Crippen LogP contribution >= 0.6 is 11.6 Å². The van der Waals surface area contributed by atoms with Crippen LogP contribution in [0.4, 0.5) is 4.39 Å². The molecule has 0 aliphatic carbocycles. The van der Waals surface area contributed by atoms with E-state index in [1.807, 2.05) is 13.8 Å². The minimum atomic E-state index is -0.507. The lowest BCUT2D eigenvalue weighted by molar-refractivity contribution is 0.272. The first-order valence-corrected chi connectivity index (χ1v) is 6.68. The topological polar surface area (TPSA) is 47.3 Å². The second kappa shape index (κ2) is 6.24. The highest BCUT2D eigenvalue weighted by atomic mass is 35.5. The maximum Gasteiger partial charge on any atom is 0.165 e. The summed E-state index contributed by atoms with van der Waals surface area (Å²) >= 11 is 6.16. The Morgan fingerprint density at radius 3 is 2.80 bits per heavy atom. The summed E-state index contributed by atoms with van der Waals surface area (Å²) in [6.07, 6.45) is 0. The number of benzene rings is 1. The number of halogens is 2. The Morgan fingerprint density at radius 2 is 2.20 bits per heavy atom. The quantitative estimate of drug-likeness (QED) is 0.923. The van der Waals surface area contributed by atoms with Crippen molar-refractivity contribution < 1.29 is 14.2 Å². The van der Waals surface area contributed by atoms with Crippen molar-refractivity contribution >= 4 is 11.6 Å². The summed E-state index contributed by atoms with van der Waals surface area (Å²) in [7, 11) is 0. The first kappa shape index (κ1) is 14.8. The molecule has 0 amide bonds. The molecule has 0 atom stereocenters. The molecule has 0 aliphatic rings. The lowest BCUT2D eigenvalue weighted by atomic mass is 10.2. The van der Waals surface area contributed by atoms with Gasteiger partial charge in [-0.05, 0) is 31.5 Å². The van der Waals surface area contributed by atoms with Crippen LogP contribution in [0.2, 0.25) is 5.02 Å². The number of aryl methyl sites for hydroxylation is 2. The Morgan fingerprint density at radius 1 is 1.45 bits per heavy atom. The molecule has 0 bridgehead atoms. The Hall–Kier alpha value is -1.59. The van der Waals surface area contributed by atoms with Gasteiger partial charge in [-0.25, -0.2) is 4.39 Å². The third-order valence-electron chi connectivity index (χ3n) is 3.00. The zero-order chi connectivity index (χ0) is 14.7. The molecular weight excluding hydrogens is 283 g/mol. The predicted molar refractivity (Wildman–Crippen MR) is 74.3 cm³/mol. The van der Waals surface area contributed by atoms with Crippen molar-refractivity contribution in [1.82, 2.24) is 9.78 Å². The molecule has 2 aromatic rings. The molecule has 0 fully saturated rings. The third-order valence-corrected chi connectivity index (χ3v) is 3.49. The average molecular weight is 299 g/mol. The van der Waals surface area contributed by atoms with Crippen molar-refractivity contribution in [2.24, 2.45) is 0 Å². The van der Waals surface area contributed by atoms with Crippen molar-refractivity contribution in [2.75, 3.05) is 0 Å². The van der Waals surface area contributed by atoms with E-state index in [1.165, 1.54) is 12.1 Å². The number of nitrogens with zero attached hydrogens (tertiary/aromatic N) is 2. The normalized spacial score (nSPS) is 10.8. The molecular formula is C14H16ClFN2O2. The van der Waals surface area contributed by atoms with Gasteiger partial charge < -0.3 is 9.84 Å². The number of aliphatic hydroxyl groups is 1. The van der Waals surface area contributed by atoms with Crippen molar-refractivity contribution in [1.29, 1.82) is 0 Å². The fraction of sp³-hybridized carbons (Fsp3) is 0.357. The summed E-state index contributed by atoms with van der Waals surface area (Å²) in [5, 5.41) is 13.7. The Kier molecular flexibility index (Phi) is 4.62. The maximum absolute atomic E-state index is 13.7. The lowest BCUT2D eigenvalue weighted by Crippen LogP contribution is -2.07. The van der Waals surface area contributed by atoms with Crippen molar-refractivity contribution in [3.8, 4) is 5.75 Å². The maximum atomic E-state index is 13.7. The zero-order valence-electron chi connectivity index (χ0n) is 11.4. The van der Waals surface area contributed by atoms with Gasteiger partial charge in [0.25, 0.3) is 0 Å². The van der Waals surface area contributed by atoms with E-state index in [9.17, 15) is 4.39 Å². The summed E-state index contributed by atoms with van der Waals surface area (Å²) in [5.74, 6) is -0.383. The molecule has 1 aromatic carbocycles. The van der Waals surface area contributed by atoms with E-state index < -0.39 is 5.82 Å². The van der Waals surface area contributed by atoms with E-state index in [2.05, 4.69) is 5.10 Å². The summed E-state index contributed by atoms with van der Waals surface area (Å²) in [5.41, 5.74) is 1.95. The molecule has 0 radical (unpaired) electrons. The molecule has 0 aliphatic heterocycles. The molecule has 0 saturated heterocycles. The van der Waals surface area contributed by atoms with Crippen LogP contribution in [-0.2, 0) is 19.8 Å². The van der Waals surface area contributed by atoms with Crippen LogP contribution in [0.15, 0.2) is 18.2 Å². The third kappa shape index (κ3) is 2.94. The molecule has 1 aromatic heterocycles. The number of aliphatic hydroxyl groups excluding tert-OH is 1. The number of hydrogen-bond donors (Lipinski definition) is 1. The van der Waals surface area contributed by atoms with Crippen LogP contribution in [-0.4, -0.2) is 14.9 Å². The van der Waals surface area contributed by atoms with Gasteiger partial charge in [-0.15, -0.1) is 0 Å². The summed E-state index contributed by atoms with van der Waals surface area (Å²) in [6.45, 7) is 4.36. The predicted octanol–water partition coefficient (Wildman–Crippen LogP) is 3.08. The van der Waals surface area contributed by atoms with Crippen LogP contribution in [0.25, 0.3) is 0 Å². The molecule has 2 rings (SSSR count). The summed E-state index contributed by atoms with van der Waals surface area (Å²) in [4.78, 5) is 0. The first-order valence-electron chi connectivity index (χ1n) is 6.30. The molecule has 0 unspecified atom stereocenters. The van der Waals surface area contributed by atoms with Gasteiger partial charge in [0.05, 0.1) is 23.0 Å². The zero-order valence-corrected chi connectivity index (χ0v) is 12.1. The van der Waals surface area contributed by atoms with E-state index >= 15 is 0 Å². The highest BCUT2D eigenvalue weighted by molar-refractivity contribution is 6.31. The van der Waals surface area contributed by atoms with Gasteiger partial charge in [0.2, 0.25) is 0 Å². The molecule has 4 nitrogen and oxygen atoms in total. The Bertz CT molecular complexity index is 613. The fourth-order valence-corrected chi connectivity index (χ4v) is 2.10. The van der Waals surface area contributed by atoms with Gasteiger partial charge >= 0.3 is 0 Å². The van der Waals surface area contributed by atoms with Gasteiger partial charge in [0.1, 0.15) is 6.61 Å². The first-order chi connectivity index (χ1) is 9.56. The second-order valence-corrected chi connectivity index (χ2v) is 4.75. The molecule has 20 heavy (non-hydrogen) atoms. The minimum Gasteiger partial charge on any atom is -0.484 e. The van der Waals surface area contributed by atoms with Crippen molar-refractivity contribution in [3.05, 3.63) is 46.0 Å². The SMILES string of the molecule is CCn1nc(C)c(Cl)c1COc1ccc(CO)cc1F. The summed E-state index contributed by atoms with van der Waals surface area (Å²) < 4.78 is 20.9. The standard InChI is InChI=1S/C14H16ClFN2O2/c1-3-18-12(14(15)9(2)17-18)8-20-13-5-4-10(7-19)6-11(13)16/h4-6,19H,3,7-8H2,1-2H3. The molecule has 1 heterocycles. The van der Waals surface area contributed by atoms with E-state index in [-0.39, 0.29) is 19.0 Å². The highest BCUT2D eigenvalue weighted by Crippen LogP contribution is 2.24. The highest BCUT2D eigenvalue weighted by Gasteiger charge is 2.14. The Labute approximate surface area is 121 Å². The minimum absolute atomic E-state index is 0.125. The smallest absolute Gasteiger partial charge is 0.165 e. The van der Waals surface area contributed by atoms with E-state index in [0.717, 1.165) is 11.4 Å². The largest absolute Gasteiger partial charge is 0.484 e. The van der Waals surface area contributed by atoms with Crippen molar-refractivity contribution in [3.63, 3.8) is 0 Å². The number of rotatable bonds is 5. The Balaban J connectivity index is 2.17. The van der Waals surface area contributed by atoms with Gasteiger partial charge in [-0.3, -0.25) is 4.68 Å². The molecule has 1 N–H and O–H groups in total. The lowest BCUT2D eigenvalue weighted by Gasteiger charge is -2.09. The fourth-order valence-electron chi connectivity index (χ4n) is 1.91. The van der Waals surface area contributed by atoms with Crippen LogP contribution in [0.3, 0.4) is 0 Å². The second-order valence-electron chi connectivity index (χ2n) is 4.37. The number of hydrogen-bond acceptors (Lipinski definition) is 3.